The van der Waals surface area contributed by atoms with Gasteiger partial charge in [-0.1, -0.05) is 6.92 Å². The summed E-state index contributed by atoms with van der Waals surface area (Å²) in [5, 5.41) is 3.37. The molecule has 0 amide bonds. The van der Waals surface area contributed by atoms with Gasteiger partial charge in [-0.05, 0) is 39.4 Å². The number of alkyl halides is 3. The first-order chi connectivity index (χ1) is 9.09. The van der Waals surface area contributed by atoms with Gasteiger partial charge in [-0.3, -0.25) is 4.90 Å². The highest BCUT2D eigenvalue weighted by Crippen LogP contribution is 2.22. The topological polar surface area (TPSA) is 15.3 Å². The third-order valence-electron chi connectivity index (χ3n) is 2.74. The van der Waals surface area contributed by atoms with Gasteiger partial charge in [-0.25, -0.2) is 0 Å². The van der Waals surface area contributed by atoms with Crippen molar-refractivity contribution in [3.63, 3.8) is 0 Å². The maximum atomic E-state index is 12.4. The average molecular weight is 308 g/mol. The lowest BCUT2D eigenvalue weighted by Crippen LogP contribution is -2.34. The monoisotopic (exact) mass is 308 g/mol. The van der Waals surface area contributed by atoms with E-state index >= 15 is 0 Å². The smallest absolute Gasteiger partial charge is 0.307 e. The lowest BCUT2D eigenvalue weighted by molar-refractivity contribution is -0.146. The molecule has 0 unspecified atom stereocenters. The van der Waals surface area contributed by atoms with Crippen LogP contribution in [0.25, 0.3) is 0 Å². The Hall–Kier alpha value is -0.590. The van der Waals surface area contributed by atoms with Crippen LogP contribution in [0.1, 0.15) is 37.4 Å². The molecule has 116 valence electrons. The quantitative estimate of drug-likeness (QED) is 0.854. The van der Waals surface area contributed by atoms with E-state index in [4.69, 9.17) is 0 Å². The molecule has 0 aliphatic carbocycles. The Balaban J connectivity index is 2.54. The molecule has 0 radical (unpaired) electrons. The third kappa shape index (κ3) is 7.26. The Morgan fingerprint density at radius 2 is 1.75 bits per heavy atom. The predicted molar refractivity (Wildman–Crippen MR) is 77.9 cm³/mol. The third-order valence-corrected chi connectivity index (χ3v) is 3.81. The van der Waals surface area contributed by atoms with Crippen LogP contribution in [0, 0.1) is 0 Å². The normalized spacial score (nSPS) is 13.2. The molecule has 0 saturated carbocycles. The Morgan fingerprint density at radius 1 is 1.15 bits per heavy atom. The molecule has 1 aromatic rings. The molecule has 0 aliphatic rings. The van der Waals surface area contributed by atoms with Gasteiger partial charge >= 0.3 is 6.18 Å². The van der Waals surface area contributed by atoms with Gasteiger partial charge in [0.15, 0.2) is 0 Å². The highest BCUT2D eigenvalue weighted by atomic mass is 32.1. The maximum Gasteiger partial charge on any atom is 0.401 e. The molecule has 0 bridgehead atoms. The number of rotatable bonds is 6. The minimum absolute atomic E-state index is 0.0376. The van der Waals surface area contributed by atoms with E-state index in [2.05, 4.69) is 26.1 Å². The van der Waals surface area contributed by atoms with Crippen LogP contribution in [0.15, 0.2) is 12.1 Å². The summed E-state index contributed by atoms with van der Waals surface area (Å²) >= 11 is 1.57. The highest BCUT2D eigenvalue weighted by molar-refractivity contribution is 7.11. The molecule has 0 aromatic carbocycles. The van der Waals surface area contributed by atoms with Crippen LogP contribution < -0.4 is 5.32 Å². The number of thiophene rings is 1. The van der Waals surface area contributed by atoms with Crippen molar-refractivity contribution in [1.29, 1.82) is 0 Å². The van der Waals surface area contributed by atoms with Gasteiger partial charge < -0.3 is 5.32 Å². The summed E-state index contributed by atoms with van der Waals surface area (Å²) in [5.74, 6) is 0. The zero-order valence-electron chi connectivity index (χ0n) is 12.5. The van der Waals surface area contributed by atoms with Crippen LogP contribution in [0.3, 0.4) is 0 Å². The van der Waals surface area contributed by atoms with Gasteiger partial charge in [0.05, 0.1) is 6.54 Å². The predicted octanol–water partition coefficient (Wildman–Crippen LogP) is 4.02. The molecule has 20 heavy (non-hydrogen) atoms. The van der Waals surface area contributed by atoms with Crippen LogP contribution in [-0.2, 0) is 13.1 Å². The highest BCUT2D eigenvalue weighted by Gasteiger charge is 2.30. The fraction of sp³-hybridized carbons (Fsp3) is 0.714. The van der Waals surface area contributed by atoms with Crippen molar-refractivity contribution in [2.75, 3.05) is 13.1 Å². The molecule has 6 heteroatoms. The van der Waals surface area contributed by atoms with E-state index < -0.39 is 12.7 Å². The molecule has 2 nitrogen and oxygen atoms in total. The summed E-state index contributed by atoms with van der Waals surface area (Å²) in [4.78, 5) is 3.53. The van der Waals surface area contributed by atoms with Crippen molar-refractivity contribution in [3.05, 3.63) is 21.9 Å². The van der Waals surface area contributed by atoms with E-state index in [1.165, 1.54) is 4.90 Å². The molecular weight excluding hydrogens is 285 g/mol. The van der Waals surface area contributed by atoms with Crippen molar-refractivity contribution in [2.45, 2.75) is 52.5 Å². The van der Waals surface area contributed by atoms with Crippen molar-refractivity contribution >= 4 is 11.3 Å². The lowest BCUT2D eigenvalue weighted by Gasteiger charge is -2.21. The van der Waals surface area contributed by atoms with Gasteiger partial charge in [0.2, 0.25) is 0 Å². The van der Waals surface area contributed by atoms with Gasteiger partial charge in [0.25, 0.3) is 0 Å². The second-order valence-electron chi connectivity index (χ2n) is 5.89. The van der Waals surface area contributed by atoms with Gasteiger partial charge in [-0.15, -0.1) is 11.3 Å². The molecule has 0 spiro atoms. The minimum atomic E-state index is -4.14. The van der Waals surface area contributed by atoms with E-state index in [9.17, 15) is 13.2 Å². The Bertz CT molecular complexity index is 407. The zero-order valence-corrected chi connectivity index (χ0v) is 13.3. The Morgan fingerprint density at radius 3 is 2.25 bits per heavy atom. The second kappa shape index (κ2) is 6.91. The molecule has 0 atom stereocenters. The zero-order chi connectivity index (χ0) is 15.4. The van der Waals surface area contributed by atoms with Gasteiger partial charge in [0, 0.05) is 28.4 Å². The first kappa shape index (κ1) is 17.5. The van der Waals surface area contributed by atoms with E-state index in [-0.39, 0.29) is 5.54 Å². The van der Waals surface area contributed by atoms with Gasteiger partial charge in [-0.2, -0.15) is 13.2 Å². The summed E-state index contributed by atoms with van der Waals surface area (Å²) in [7, 11) is 0. The number of halogens is 3. The number of hydrogen-bond acceptors (Lipinski definition) is 3. The van der Waals surface area contributed by atoms with Crippen LogP contribution in [0.4, 0.5) is 13.2 Å². The van der Waals surface area contributed by atoms with E-state index in [0.29, 0.717) is 13.1 Å². The number of nitrogens with one attached hydrogen (secondary N) is 1. The van der Waals surface area contributed by atoms with E-state index in [1.54, 1.807) is 18.3 Å². The summed E-state index contributed by atoms with van der Waals surface area (Å²) in [6.07, 6.45) is -4.14. The van der Waals surface area contributed by atoms with Crippen molar-refractivity contribution in [3.8, 4) is 0 Å². The van der Waals surface area contributed by atoms with Gasteiger partial charge in [0.1, 0.15) is 0 Å². The van der Waals surface area contributed by atoms with Crippen LogP contribution >= 0.6 is 11.3 Å². The Labute approximate surface area is 123 Å². The van der Waals surface area contributed by atoms with Crippen molar-refractivity contribution in [1.82, 2.24) is 10.2 Å². The lowest BCUT2D eigenvalue weighted by atomic mass is 10.1. The van der Waals surface area contributed by atoms with Crippen molar-refractivity contribution < 1.29 is 13.2 Å². The van der Waals surface area contributed by atoms with Crippen LogP contribution in [-0.4, -0.2) is 29.7 Å². The Kier molecular flexibility index (Phi) is 6.04. The number of hydrogen-bond donors (Lipinski definition) is 1. The minimum Gasteiger partial charge on any atom is -0.307 e. The SMILES string of the molecule is CCN(Cc1ccc(CNC(C)(C)C)s1)CC(F)(F)F. The van der Waals surface area contributed by atoms with Crippen LogP contribution in [0.5, 0.6) is 0 Å². The largest absolute Gasteiger partial charge is 0.401 e. The molecular formula is C14H23F3N2S. The average Bonchev–Trinajstić information content (AvgIpc) is 2.70. The summed E-state index contributed by atoms with van der Waals surface area (Å²) in [5.41, 5.74) is 0.0376. The van der Waals surface area contributed by atoms with Crippen LogP contribution in [0.2, 0.25) is 0 Å². The summed E-state index contributed by atoms with van der Waals surface area (Å²) in [6, 6.07) is 3.91. The first-order valence-corrected chi connectivity index (χ1v) is 7.52. The molecule has 0 aliphatic heterocycles. The summed E-state index contributed by atoms with van der Waals surface area (Å²) in [6.45, 7) is 8.66. The number of nitrogens with zero attached hydrogens (tertiary/aromatic N) is 1. The molecule has 1 heterocycles. The molecule has 1 aromatic heterocycles. The maximum absolute atomic E-state index is 12.4. The van der Waals surface area contributed by atoms with E-state index in [0.717, 1.165) is 16.3 Å². The second-order valence-corrected chi connectivity index (χ2v) is 7.14. The van der Waals surface area contributed by atoms with E-state index in [1.807, 2.05) is 12.1 Å². The fourth-order valence-electron chi connectivity index (χ4n) is 1.71. The first-order valence-electron chi connectivity index (χ1n) is 6.71. The molecule has 0 fully saturated rings. The molecule has 0 saturated heterocycles. The summed E-state index contributed by atoms with van der Waals surface area (Å²) < 4.78 is 37.2. The standard InChI is InChI=1S/C14H23F3N2S/c1-5-19(10-14(15,16)17)9-12-7-6-11(20-12)8-18-13(2,3)4/h6-7,18H,5,8-10H2,1-4H3. The fourth-order valence-corrected chi connectivity index (χ4v) is 2.71. The molecule has 1 rings (SSSR count). The molecule has 1 N–H and O–H groups in total. The van der Waals surface area contributed by atoms with Crippen molar-refractivity contribution in [2.24, 2.45) is 0 Å².